The van der Waals surface area contributed by atoms with Crippen LogP contribution < -0.4 is 14.8 Å². The Morgan fingerprint density at radius 3 is 2.49 bits per heavy atom. The zero-order chi connectivity index (χ0) is 32.4. The minimum atomic E-state index is -1.97. The molecule has 0 unspecified atom stereocenters. The second kappa shape index (κ2) is 14.1. The molecule has 1 saturated carbocycles. The number of benzene rings is 2. The van der Waals surface area contributed by atoms with E-state index in [2.05, 4.69) is 5.32 Å². The number of carbonyl (C=O) groups excluding carboxylic acids is 1. The predicted octanol–water partition coefficient (Wildman–Crippen LogP) is 2.03. The first-order valence-corrected chi connectivity index (χ1v) is 14.6. The molecule has 2 aromatic rings. The number of aliphatic hydroxyl groups excluding tert-OH is 4. The maximum Gasteiger partial charge on any atom is 0.247 e. The van der Waals surface area contributed by atoms with E-state index >= 15 is 0 Å². The number of rotatable bonds is 9. The molecule has 14 heteroatoms. The third-order valence-corrected chi connectivity index (χ3v) is 8.15. The molecule has 11 nitrogen and oxygen atoms in total. The number of hydrogen-bond acceptors (Lipinski definition) is 10. The number of aliphatic hydroxyl groups is 4. The van der Waals surface area contributed by atoms with Crippen LogP contribution in [0.2, 0.25) is 5.02 Å². The Morgan fingerprint density at radius 2 is 1.78 bits per heavy atom. The fraction of sp³-hybridized carbons (Fsp3) is 0.452. The van der Waals surface area contributed by atoms with Gasteiger partial charge < -0.3 is 49.4 Å². The number of alkyl halides is 1. The van der Waals surface area contributed by atoms with Crippen LogP contribution in [0.5, 0.6) is 11.5 Å². The normalized spacial score (nSPS) is 33.5. The van der Waals surface area contributed by atoms with Crippen LogP contribution in [0, 0.1) is 5.82 Å². The summed E-state index contributed by atoms with van der Waals surface area (Å²) in [7, 11) is 0. The van der Waals surface area contributed by atoms with Crippen molar-refractivity contribution in [1.82, 2.24) is 5.32 Å². The average Bonchev–Trinajstić information content (AvgIpc) is 3.61. The summed E-state index contributed by atoms with van der Waals surface area (Å²) in [4.78, 5) is 12.8. The van der Waals surface area contributed by atoms with Crippen molar-refractivity contribution in [3.63, 3.8) is 0 Å². The molecule has 2 aromatic carbocycles. The van der Waals surface area contributed by atoms with Crippen LogP contribution in [-0.4, -0.2) is 101 Å². The Morgan fingerprint density at radius 1 is 1.04 bits per heavy atom. The Labute approximate surface area is 262 Å². The van der Waals surface area contributed by atoms with Gasteiger partial charge in [0.2, 0.25) is 12.2 Å². The molecule has 2 aliphatic heterocycles. The van der Waals surface area contributed by atoms with E-state index in [9.17, 15) is 34.0 Å². The Balaban J connectivity index is 1.18. The zero-order valence-electron chi connectivity index (χ0n) is 24.3. The fourth-order valence-corrected chi connectivity index (χ4v) is 5.58. The lowest BCUT2D eigenvalue weighted by atomic mass is 9.83. The highest BCUT2D eigenvalue weighted by molar-refractivity contribution is 6.30. The average molecular weight is 654 g/mol. The third-order valence-electron chi connectivity index (χ3n) is 7.92. The fourth-order valence-electron chi connectivity index (χ4n) is 5.40. The maximum absolute atomic E-state index is 15.0. The van der Waals surface area contributed by atoms with Gasteiger partial charge in [-0.2, -0.15) is 0 Å². The summed E-state index contributed by atoms with van der Waals surface area (Å²) in [6, 6.07) is 9.25. The number of amides is 1. The standard InChI is InChI=1S/C31H34ClF2NO10/c1-14(8-9-41-18-5-3-4-17(32)12-18)27-23(36)21(34)31(45-27)44-20-7-6-16(11-19(20)33)10-15(2)30(40)35-22-24(37)26(39)29-28(25(22)38)42-13-43-29/h3-8,10-12,21-29,31,36-39H,9,13H2,1-2H3,(H,35,40)/t21-,22-,23+,24+,25-,26-,27-,28+,29-,31-/m1/s1. The third kappa shape index (κ3) is 7.31. The molecule has 1 aliphatic carbocycles. The number of hydrogen-bond donors (Lipinski definition) is 5. The molecule has 10 atom stereocenters. The maximum atomic E-state index is 15.0. The van der Waals surface area contributed by atoms with Gasteiger partial charge in [-0.1, -0.05) is 23.7 Å². The minimum absolute atomic E-state index is 0.0955. The summed E-state index contributed by atoms with van der Waals surface area (Å²) in [5.74, 6) is -1.37. The number of ether oxygens (including phenoxy) is 5. The van der Waals surface area contributed by atoms with Crippen molar-refractivity contribution in [2.45, 2.75) is 75.1 Å². The van der Waals surface area contributed by atoms with Crippen molar-refractivity contribution in [3.05, 3.63) is 76.1 Å². The Hall–Kier alpha value is -3.14. The molecule has 5 N–H and O–H groups in total. The van der Waals surface area contributed by atoms with Gasteiger partial charge in [0, 0.05) is 10.6 Å². The topological polar surface area (TPSA) is 156 Å². The lowest BCUT2D eigenvalue weighted by molar-refractivity contribution is -0.155. The van der Waals surface area contributed by atoms with Crippen LogP contribution in [0.15, 0.2) is 59.7 Å². The van der Waals surface area contributed by atoms with Crippen LogP contribution in [0.25, 0.3) is 6.08 Å². The van der Waals surface area contributed by atoms with Crippen LogP contribution >= 0.6 is 11.6 Å². The van der Waals surface area contributed by atoms with Gasteiger partial charge in [-0.05, 0) is 67.5 Å². The summed E-state index contributed by atoms with van der Waals surface area (Å²) in [5, 5.41) is 44.7. The van der Waals surface area contributed by atoms with Crippen molar-refractivity contribution in [2.24, 2.45) is 0 Å². The lowest BCUT2D eigenvalue weighted by Gasteiger charge is -2.41. The largest absolute Gasteiger partial charge is 0.489 e. The summed E-state index contributed by atoms with van der Waals surface area (Å²) in [5.41, 5.74) is 0.836. The van der Waals surface area contributed by atoms with E-state index in [-0.39, 0.29) is 30.3 Å². The predicted molar refractivity (Wildman–Crippen MR) is 156 cm³/mol. The van der Waals surface area contributed by atoms with Crippen LogP contribution in [-0.2, 0) is 19.0 Å². The second-order valence-electron chi connectivity index (χ2n) is 11.1. The molecule has 244 valence electrons. The van der Waals surface area contributed by atoms with Crippen molar-refractivity contribution < 1.29 is 57.7 Å². The molecular weight excluding hydrogens is 620 g/mol. The molecule has 2 heterocycles. The van der Waals surface area contributed by atoms with E-state index in [4.69, 9.17) is 35.3 Å². The van der Waals surface area contributed by atoms with E-state index in [1.54, 1.807) is 37.3 Å². The monoisotopic (exact) mass is 653 g/mol. The van der Waals surface area contributed by atoms with Crippen LogP contribution in [0.4, 0.5) is 8.78 Å². The van der Waals surface area contributed by atoms with Crippen molar-refractivity contribution in [3.8, 4) is 11.5 Å². The smallest absolute Gasteiger partial charge is 0.247 e. The first-order valence-electron chi connectivity index (χ1n) is 14.2. The molecule has 0 aromatic heterocycles. The molecule has 0 spiro atoms. The summed E-state index contributed by atoms with van der Waals surface area (Å²) >= 11 is 5.94. The van der Waals surface area contributed by atoms with Gasteiger partial charge >= 0.3 is 0 Å². The highest BCUT2D eigenvalue weighted by Crippen LogP contribution is 2.33. The lowest BCUT2D eigenvalue weighted by Crippen LogP contribution is -2.67. The molecule has 0 bridgehead atoms. The van der Waals surface area contributed by atoms with Crippen molar-refractivity contribution >= 4 is 23.6 Å². The van der Waals surface area contributed by atoms with Gasteiger partial charge in [0.1, 0.15) is 61.9 Å². The molecule has 0 radical (unpaired) electrons. The second-order valence-corrected chi connectivity index (χ2v) is 11.5. The summed E-state index contributed by atoms with van der Waals surface area (Å²) < 4.78 is 57.0. The van der Waals surface area contributed by atoms with Gasteiger partial charge in [0.15, 0.2) is 17.7 Å². The van der Waals surface area contributed by atoms with Gasteiger partial charge in [-0.25, -0.2) is 8.78 Å². The van der Waals surface area contributed by atoms with Crippen molar-refractivity contribution in [2.75, 3.05) is 13.4 Å². The van der Waals surface area contributed by atoms with Crippen molar-refractivity contribution in [1.29, 1.82) is 0 Å². The molecular formula is C31H34ClF2NO10. The number of carbonyl (C=O) groups is 1. The highest BCUT2D eigenvalue weighted by atomic mass is 35.5. The quantitative estimate of drug-likeness (QED) is 0.201. The first-order chi connectivity index (χ1) is 21.4. The first kappa shape index (κ1) is 33.2. The van der Waals surface area contributed by atoms with Crippen LogP contribution in [0.3, 0.4) is 0 Å². The Kier molecular flexibility index (Phi) is 10.4. The van der Waals surface area contributed by atoms with Gasteiger partial charge in [0.25, 0.3) is 0 Å². The minimum Gasteiger partial charge on any atom is -0.489 e. The summed E-state index contributed by atoms with van der Waals surface area (Å²) in [6.45, 7) is 3.01. The molecule has 45 heavy (non-hydrogen) atoms. The molecule has 1 amide bonds. The number of fused-ring (bicyclic) bond motifs is 1. The van der Waals surface area contributed by atoms with Crippen LogP contribution in [0.1, 0.15) is 19.4 Å². The molecule has 3 fully saturated rings. The van der Waals surface area contributed by atoms with Gasteiger partial charge in [0.05, 0.1) is 6.04 Å². The number of nitrogens with one attached hydrogen (secondary N) is 1. The van der Waals surface area contributed by atoms with E-state index in [1.807, 2.05) is 0 Å². The van der Waals surface area contributed by atoms with E-state index in [0.29, 0.717) is 16.3 Å². The van der Waals surface area contributed by atoms with E-state index < -0.39 is 73.0 Å². The van der Waals surface area contributed by atoms with E-state index in [1.165, 1.54) is 25.1 Å². The van der Waals surface area contributed by atoms with E-state index in [0.717, 1.165) is 6.07 Å². The highest BCUT2D eigenvalue weighted by Gasteiger charge is 2.53. The molecule has 5 rings (SSSR count). The molecule has 3 aliphatic rings. The SMILES string of the molecule is CC(=Cc1ccc(O[C@@H]2O[C@H](C(C)=CCOc3cccc(Cl)c3)[C@@H](O)[C@H]2F)c(F)c1)C(=O)N[C@@H]1[C@H](O)[C@@H](O)[C@H]2OCO[C@H]2[C@@H]1O. The Bertz CT molecular complexity index is 1440. The molecule has 2 saturated heterocycles. The van der Waals surface area contributed by atoms with Gasteiger partial charge in [-0.3, -0.25) is 4.79 Å². The zero-order valence-corrected chi connectivity index (χ0v) is 25.0. The van der Waals surface area contributed by atoms with Gasteiger partial charge in [-0.15, -0.1) is 0 Å². The summed E-state index contributed by atoms with van der Waals surface area (Å²) in [6.07, 6.45) is -9.35. The number of halogens is 3.